The van der Waals surface area contributed by atoms with E-state index < -0.39 is 0 Å². The van der Waals surface area contributed by atoms with E-state index in [1.165, 1.54) is 11.1 Å². The zero-order chi connectivity index (χ0) is 17.8. The fourth-order valence-electron chi connectivity index (χ4n) is 3.70. The summed E-state index contributed by atoms with van der Waals surface area (Å²) in [7, 11) is 0. The molecule has 0 radical (unpaired) electrons. The van der Waals surface area contributed by atoms with E-state index in [1.54, 1.807) is 0 Å². The molecule has 4 rings (SSSR count). The van der Waals surface area contributed by atoms with Crippen molar-refractivity contribution in [1.82, 2.24) is 24.6 Å². The Hall–Kier alpha value is -2.50. The van der Waals surface area contributed by atoms with Crippen LogP contribution in [0.2, 0.25) is 0 Å². The Bertz CT molecular complexity index is 807. The first-order chi connectivity index (χ1) is 12.8. The lowest BCUT2D eigenvalue weighted by Gasteiger charge is -2.39. The molecule has 2 aromatic heterocycles. The molecule has 3 aromatic rings. The zero-order valence-electron chi connectivity index (χ0n) is 15.2. The molecule has 1 saturated heterocycles. The molecule has 0 aliphatic carbocycles. The highest BCUT2D eigenvalue weighted by Crippen LogP contribution is 2.26. The fraction of sp³-hybridized carbons (Fsp3) is 0.333. The predicted molar refractivity (Wildman–Crippen MR) is 103 cm³/mol. The summed E-state index contributed by atoms with van der Waals surface area (Å²) in [5.74, 6) is 0. The van der Waals surface area contributed by atoms with Crippen LogP contribution < -0.4 is 0 Å². The number of benzene rings is 1. The Balaban J connectivity index is 1.49. The van der Waals surface area contributed by atoms with Crippen LogP contribution in [0.3, 0.4) is 0 Å². The van der Waals surface area contributed by atoms with Gasteiger partial charge in [-0.05, 0) is 36.2 Å². The fourth-order valence-corrected chi connectivity index (χ4v) is 3.70. The van der Waals surface area contributed by atoms with E-state index in [1.807, 2.05) is 24.5 Å². The maximum Gasteiger partial charge on any atom is 0.130 e. The normalized spacial score (nSPS) is 17.3. The summed E-state index contributed by atoms with van der Waals surface area (Å²) in [5.41, 5.74) is 3.78. The minimum Gasteiger partial charge on any atom is -0.295 e. The highest BCUT2D eigenvalue weighted by atomic mass is 15.4. The summed E-state index contributed by atoms with van der Waals surface area (Å²) in [5, 5.41) is 4.55. The Morgan fingerprint density at radius 1 is 0.923 bits per heavy atom. The lowest BCUT2D eigenvalue weighted by Crippen LogP contribution is -2.49. The molecule has 1 aliphatic heterocycles. The SMILES string of the molecule is Cc1ccccc1C(N1CCN(Cc2ccccn2)CC1)n1cccn1. The molecule has 0 amide bonds. The van der Waals surface area contributed by atoms with E-state index in [9.17, 15) is 0 Å². The summed E-state index contributed by atoms with van der Waals surface area (Å²) in [4.78, 5) is 9.47. The van der Waals surface area contributed by atoms with Gasteiger partial charge in [0.2, 0.25) is 0 Å². The van der Waals surface area contributed by atoms with Crippen molar-refractivity contribution in [1.29, 1.82) is 0 Å². The standard InChI is InChI=1S/C21H25N5/c1-18-7-2-3-9-20(18)21(26-12-6-11-23-26)25-15-13-24(14-16-25)17-19-8-4-5-10-22-19/h2-12,21H,13-17H2,1H3. The second-order valence-electron chi connectivity index (χ2n) is 6.85. The summed E-state index contributed by atoms with van der Waals surface area (Å²) < 4.78 is 2.08. The van der Waals surface area contributed by atoms with Gasteiger partial charge >= 0.3 is 0 Å². The van der Waals surface area contributed by atoms with Crippen LogP contribution in [-0.4, -0.2) is 50.7 Å². The van der Waals surface area contributed by atoms with Gasteiger partial charge in [0.1, 0.15) is 6.17 Å². The number of rotatable bonds is 5. The summed E-state index contributed by atoms with van der Waals surface area (Å²) in [6.45, 7) is 7.23. The quantitative estimate of drug-likeness (QED) is 0.711. The van der Waals surface area contributed by atoms with E-state index in [-0.39, 0.29) is 6.17 Å². The summed E-state index contributed by atoms with van der Waals surface area (Å²) in [6.07, 6.45) is 5.96. The van der Waals surface area contributed by atoms with E-state index in [0.29, 0.717) is 0 Å². The highest BCUT2D eigenvalue weighted by Gasteiger charge is 2.27. The highest BCUT2D eigenvalue weighted by molar-refractivity contribution is 5.29. The molecular weight excluding hydrogens is 322 g/mol. The van der Waals surface area contributed by atoms with Gasteiger partial charge in [-0.15, -0.1) is 0 Å². The average molecular weight is 347 g/mol. The summed E-state index contributed by atoms with van der Waals surface area (Å²) in [6, 6.07) is 16.8. The third-order valence-electron chi connectivity index (χ3n) is 5.11. The van der Waals surface area contributed by atoms with Crippen LogP contribution in [0.4, 0.5) is 0 Å². The van der Waals surface area contributed by atoms with Crippen LogP contribution in [0, 0.1) is 6.92 Å². The molecule has 0 saturated carbocycles. The van der Waals surface area contributed by atoms with Crippen molar-refractivity contribution in [2.24, 2.45) is 0 Å². The lowest BCUT2D eigenvalue weighted by molar-refractivity contribution is 0.0733. The molecule has 1 unspecified atom stereocenters. The number of nitrogens with zero attached hydrogens (tertiary/aromatic N) is 5. The van der Waals surface area contributed by atoms with Gasteiger partial charge in [0, 0.05) is 51.3 Å². The molecule has 5 nitrogen and oxygen atoms in total. The Labute approximate surface area is 154 Å². The molecule has 0 bridgehead atoms. The van der Waals surface area contributed by atoms with Crippen molar-refractivity contribution in [3.63, 3.8) is 0 Å². The molecule has 1 fully saturated rings. The Kier molecular flexibility index (Phi) is 5.09. The number of pyridine rings is 1. The maximum atomic E-state index is 4.55. The third kappa shape index (κ3) is 3.69. The van der Waals surface area contributed by atoms with Gasteiger partial charge < -0.3 is 0 Å². The molecule has 1 aliphatic rings. The van der Waals surface area contributed by atoms with Gasteiger partial charge in [0.15, 0.2) is 0 Å². The first-order valence-electron chi connectivity index (χ1n) is 9.22. The van der Waals surface area contributed by atoms with Gasteiger partial charge in [0.25, 0.3) is 0 Å². The van der Waals surface area contributed by atoms with Gasteiger partial charge in [-0.1, -0.05) is 30.3 Å². The van der Waals surface area contributed by atoms with Crippen LogP contribution in [0.1, 0.15) is 23.0 Å². The van der Waals surface area contributed by atoms with Gasteiger partial charge in [-0.3, -0.25) is 19.5 Å². The van der Waals surface area contributed by atoms with Gasteiger partial charge in [-0.25, -0.2) is 0 Å². The lowest BCUT2D eigenvalue weighted by atomic mass is 10.0. The largest absolute Gasteiger partial charge is 0.295 e. The monoisotopic (exact) mass is 347 g/mol. The van der Waals surface area contributed by atoms with E-state index >= 15 is 0 Å². The third-order valence-corrected chi connectivity index (χ3v) is 5.11. The molecule has 1 atom stereocenters. The average Bonchev–Trinajstić information content (AvgIpc) is 3.20. The first-order valence-corrected chi connectivity index (χ1v) is 9.22. The molecule has 3 heterocycles. The molecule has 26 heavy (non-hydrogen) atoms. The van der Waals surface area contributed by atoms with Crippen molar-refractivity contribution in [3.8, 4) is 0 Å². The minimum atomic E-state index is 0.156. The van der Waals surface area contributed by atoms with Crippen LogP contribution in [0.5, 0.6) is 0 Å². The molecule has 1 aromatic carbocycles. The molecule has 5 heteroatoms. The Morgan fingerprint density at radius 2 is 1.73 bits per heavy atom. The first kappa shape index (κ1) is 16.9. The van der Waals surface area contributed by atoms with Crippen LogP contribution in [-0.2, 0) is 6.54 Å². The predicted octanol–water partition coefficient (Wildman–Crippen LogP) is 2.95. The summed E-state index contributed by atoms with van der Waals surface area (Å²) >= 11 is 0. The van der Waals surface area contributed by atoms with Crippen molar-refractivity contribution < 1.29 is 0 Å². The van der Waals surface area contributed by atoms with Crippen LogP contribution >= 0.6 is 0 Å². The van der Waals surface area contributed by atoms with E-state index in [4.69, 9.17) is 0 Å². The van der Waals surface area contributed by atoms with E-state index in [2.05, 4.69) is 74.1 Å². The van der Waals surface area contributed by atoms with Crippen molar-refractivity contribution in [2.75, 3.05) is 26.2 Å². The van der Waals surface area contributed by atoms with Crippen molar-refractivity contribution in [2.45, 2.75) is 19.6 Å². The number of piperazine rings is 1. The smallest absolute Gasteiger partial charge is 0.130 e. The number of hydrogen-bond donors (Lipinski definition) is 0. The van der Waals surface area contributed by atoms with Gasteiger partial charge in [-0.2, -0.15) is 5.10 Å². The van der Waals surface area contributed by atoms with E-state index in [0.717, 1.165) is 38.4 Å². The number of hydrogen-bond acceptors (Lipinski definition) is 4. The van der Waals surface area contributed by atoms with Crippen LogP contribution in [0.25, 0.3) is 0 Å². The van der Waals surface area contributed by atoms with Gasteiger partial charge in [0.05, 0.1) is 5.69 Å². The van der Waals surface area contributed by atoms with Crippen molar-refractivity contribution >= 4 is 0 Å². The number of aromatic nitrogens is 3. The molecular formula is C21H25N5. The topological polar surface area (TPSA) is 37.2 Å². The maximum absolute atomic E-state index is 4.55. The second-order valence-corrected chi connectivity index (χ2v) is 6.85. The molecule has 0 spiro atoms. The van der Waals surface area contributed by atoms with Crippen molar-refractivity contribution in [3.05, 3.63) is 83.9 Å². The van der Waals surface area contributed by atoms with Crippen LogP contribution in [0.15, 0.2) is 67.1 Å². The molecule has 0 N–H and O–H groups in total. The Morgan fingerprint density at radius 3 is 2.42 bits per heavy atom. The zero-order valence-corrected chi connectivity index (χ0v) is 15.2. The molecule has 134 valence electrons. The minimum absolute atomic E-state index is 0.156. The second kappa shape index (κ2) is 7.81. The number of aryl methyl sites for hydroxylation is 1.